The van der Waals surface area contributed by atoms with Crippen molar-refractivity contribution >= 4 is 11.5 Å². The number of nitrogens with zero attached hydrogens (tertiary/aromatic N) is 5. The van der Waals surface area contributed by atoms with Crippen LogP contribution in [-0.2, 0) is 0 Å². The van der Waals surface area contributed by atoms with Gasteiger partial charge in [-0.2, -0.15) is 0 Å². The minimum atomic E-state index is 0.245. The smallest absolute Gasteiger partial charge is 0.200 e. The van der Waals surface area contributed by atoms with Crippen molar-refractivity contribution in [3.63, 3.8) is 0 Å². The maximum Gasteiger partial charge on any atom is 0.200 e. The Bertz CT molecular complexity index is 709. The molecule has 0 amide bonds. The van der Waals surface area contributed by atoms with Crippen LogP contribution >= 0.6 is 0 Å². The largest absolute Gasteiger partial charge is 0.362 e. The van der Waals surface area contributed by atoms with Crippen molar-refractivity contribution in [1.82, 2.24) is 25.3 Å². The fourth-order valence-corrected chi connectivity index (χ4v) is 2.51. The second-order valence-electron chi connectivity index (χ2n) is 5.35. The summed E-state index contributed by atoms with van der Waals surface area (Å²) in [5, 5.41) is 19.2. The van der Waals surface area contributed by atoms with E-state index in [-0.39, 0.29) is 6.04 Å². The summed E-state index contributed by atoms with van der Waals surface area (Å²) in [6.07, 6.45) is 4.73. The van der Waals surface area contributed by atoms with Crippen molar-refractivity contribution in [3.05, 3.63) is 48.0 Å². The van der Waals surface area contributed by atoms with E-state index in [1.54, 1.807) is 0 Å². The number of rotatable bonds is 7. The van der Waals surface area contributed by atoms with Crippen molar-refractivity contribution in [2.75, 3.05) is 5.32 Å². The predicted molar refractivity (Wildman–Crippen MR) is 85.5 cm³/mol. The van der Waals surface area contributed by atoms with E-state index in [1.807, 2.05) is 18.2 Å². The summed E-state index contributed by atoms with van der Waals surface area (Å²) in [5.41, 5.74) is 1.92. The van der Waals surface area contributed by atoms with E-state index in [0.29, 0.717) is 5.65 Å². The molecule has 0 aliphatic carbocycles. The van der Waals surface area contributed by atoms with Gasteiger partial charge in [0.25, 0.3) is 0 Å². The molecule has 0 fully saturated rings. The molecule has 6 heteroatoms. The van der Waals surface area contributed by atoms with Crippen LogP contribution in [0.4, 0.5) is 5.82 Å². The maximum absolute atomic E-state index is 4.40. The molecule has 0 bridgehead atoms. The van der Waals surface area contributed by atoms with E-state index in [0.717, 1.165) is 12.2 Å². The van der Waals surface area contributed by atoms with Gasteiger partial charge in [-0.15, -0.1) is 14.8 Å². The van der Waals surface area contributed by atoms with Gasteiger partial charge in [-0.3, -0.25) is 0 Å². The molecule has 1 aromatic carbocycles. The Morgan fingerprint density at radius 3 is 2.77 bits per heavy atom. The van der Waals surface area contributed by atoms with Gasteiger partial charge in [0.15, 0.2) is 5.65 Å². The number of hydrogen-bond acceptors (Lipinski definition) is 5. The number of aromatic nitrogens is 5. The van der Waals surface area contributed by atoms with Crippen LogP contribution in [0.1, 0.15) is 44.2 Å². The van der Waals surface area contributed by atoms with E-state index in [9.17, 15) is 0 Å². The third kappa shape index (κ3) is 3.39. The molecule has 6 nitrogen and oxygen atoms in total. The Kier molecular flexibility index (Phi) is 4.58. The lowest BCUT2D eigenvalue weighted by Gasteiger charge is -2.19. The van der Waals surface area contributed by atoms with Crippen molar-refractivity contribution < 1.29 is 0 Å². The first-order valence-electron chi connectivity index (χ1n) is 7.73. The Balaban J connectivity index is 1.78. The molecule has 3 aromatic rings. The minimum Gasteiger partial charge on any atom is -0.362 e. The zero-order chi connectivity index (χ0) is 15.2. The molecule has 1 N–H and O–H groups in total. The number of benzene rings is 1. The topological polar surface area (TPSA) is 68.0 Å². The number of unbranched alkanes of at least 4 members (excludes halogenated alkanes) is 2. The maximum atomic E-state index is 4.40. The molecule has 114 valence electrons. The van der Waals surface area contributed by atoms with Crippen LogP contribution < -0.4 is 5.32 Å². The summed E-state index contributed by atoms with van der Waals surface area (Å²) in [6.45, 7) is 2.22. The van der Waals surface area contributed by atoms with Gasteiger partial charge in [-0.25, -0.2) is 0 Å². The molecule has 0 aliphatic heterocycles. The molecule has 0 spiro atoms. The van der Waals surface area contributed by atoms with E-state index >= 15 is 0 Å². The summed E-state index contributed by atoms with van der Waals surface area (Å²) in [6, 6.07) is 14.5. The monoisotopic (exact) mass is 296 g/mol. The van der Waals surface area contributed by atoms with Crippen molar-refractivity contribution in [3.8, 4) is 0 Å². The molecule has 2 aromatic heterocycles. The number of nitrogens with one attached hydrogen (secondary N) is 1. The van der Waals surface area contributed by atoms with E-state index in [4.69, 9.17) is 0 Å². The van der Waals surface area contributed by atoms with Crippen LogP contribution in [-0.4, -0.2) is 25.3 Å². The molecule has 0 aliphatic rings. The molecule has 0 saturated heterocycles. The van der Waals surface area contributed by atoms with Crippen LogP contribution in [0.5, 0.6) is 0 Å². The number of anilines is 1. The highest BCUT2D eigenvalue weighted by atomic mass is 15.6. The molecule has 0 unspecified atom stereocenters. The van der Waals surface area contributed by atoms with Crippen LogP contribution in [0.2, 0.25) is 0 Å². The highest BCUT2D eigenvalue weighted by Crippen LogP contribution is 2.24. The van der Waals surface area contributed by atoms with Crippen LogP contribution in [0.15, 0.2) is 42.5 Å². The van der Waals surface area contributed by atoms with Crippen LogP contribution in [0.25, 0.3) is 5.65 Å². The number of fused-ring (bicyclic) bond motifs is 1. The Hall–Kier alpha value is -2.50. The van der Waals surface area contributed by atoms with Gasteiger partial charge in [0.1, 0.15) is 5.82 Å². The number of tetrazole rings is 1. The molecule has 22 heavy (non-hydrogen) atoms. The Morgan fingerprint density at radius 2 is 1.95 bits per heavy atom. The fourth-order valence-electron chi connectivity index (χ4n) is 2.51. The van der Waals surface area contributed by atoms with E-state index in [1.165, 1.54) is 29.5 Å². The van der Waals surface area contributed by atoms with Crippen LogP contribution in [0, 0.1) is 0 Å². The summed E-state index contributed by atoms with van der Waals surface area (Å²) >= 11 is 0. The van der Waals surface area contributed by atoms with Crippen molar-refractivity contribution in [2.45, 2.75) is 38.6 Å². The first-order valence-corrected chi connectivity index (χ1v) is 7.73. The molecule has 0 saturated carbocycles. The highest BCUT2D eigenvalue weighted by molar-refractivity contribution is 5.43. The van der Waals surface area contributed by atoms with Crippen molar-refractivity contribution in [1.29, 1.82) is 0 Å². The van der Waals surface area contributed by atoms with Gasteiger partial charge >= 0.3 is 0 Å². The predicted octanol–water partition coefficient (Wildman–Crippen LogP) is 3.25. The Labute approximate surface area is 129 Å². The average Bonchev–Trinajstić information content (AvgIpc) is 3.02. The first-order chi connectivity index (χ1) is 10.9. The van der Waals surface area contributed by atoms with E-state index in [2.05, 4.69) is 57.1 Å². The van der Waals surface area contributed by atoms with Gasteiger partial charge in [0.05, 0.1) is 6.04 Å². The first kappa shape index (κ1) is 14.4. The average molecular weight is 296 g/mol. The zero-order valence-corrected chi connectivity index (χ0v) is 12.7. The molecular formula is C16H20N6. The fraction of sp³-hybridized carbons (Fsp3) is 0.375. The van der Waals surface area contributed by atoms with Gasteiger partial charge in [-0.1, -0.05) is 56.5 Å². The minimum absolute atomic E-state index is 0.245. The molecule has 2 heterocycles. The summed E-state index contributed by atoms with van der Waals surface area (Å²) < 4.78 is 1.44. The molecular weight excluding hydrogens is 276 g/mol. The lowest BCUT2D eigenvalue weighted by Crippen LogP contribution is -2.13. The summed E-state index contributed by atoms with van der Waals surface area (Å²) in [5.74, 6) is 0.783. The van der Waals surface area contributed by atoms with Gasteiger partial charge in [0, 0.05) is 0 Å². The van der Waals surface area contributed by atoms with Crippen LogP contribution in [0.3, 0.4) is 0 Å². The quantitative estimate of drug-likeness (QED) is 0.678. The zero-order valence-electron chi connectivity index (χ0n) is 12.7. The third-order valence-corrected chi connectivity index (χ3v) is 3.69. The molecule has 1 atom stereocenters. The SMILES string of the molecule is CCCCC[C@@H](Nc1ccc2nnnn2n1)c1ccccc1. The summed E-state index contributed by atoms with van der Waals surface area (Å²) in [7, 11) is 0. The van der Waals surface area contributed by atoms with Gasteiger partial charge < -0.3 is 5.32 Å². The second kappa shape index (κ2) is 6.98. The lowest BCUT2D eigenvalue weighted by atomic mass is 10.0. The normalized spacial score (nSPS) is 12.4. The van der Waals surface area contributed by atoms with Crippen molar-refractivity contribution in [2.24, 2.45) is 0 Å². The molecule has 3 rings (SSSR count). The standard InChI is InChI=1S/C16H20N6/c1-2-3-5-10-14(13-8-6-4-7-9-13)17-15-11-12-16-18-20-21-22(16)19-15/h4,6-9,11-12,14H,2-3,5,10H2,1H3,(H,17,19)/t14-/m1/s1. The second-order valence-corrected chi connectivity index (χ2v) is 5.35. The third-order valence-electron chi connectivity index (χ3n) is 3.69. The Morgan fingerprint density at radius 1 is 1.09 bits per heavy atom. The van der Waals surface area contributed by atoms with Gasteiger partial charge in [-0.05, 0) is 34.5 Å². The molecule has 0 radical (unpaired) electrons. The van der Waals surface area contributed by atoms with E-state index < -0.39 is 0 Å². The van der Waals surface area contributed by atoms with Gasteiger partial charge in [0.2, 0.25) is 0 Å². The summed E-state index contributed by atoms with van der Waals surface area (Å²) in [4.78, 5) is 0. The number of hydrogen-bond donors (Lipinski definition) is 1. The lowest BCUT2D eigenvalue weighted by molar-refractivity contribution is 0.602. The highest BCUT2D eigenvalue weighted by Gasteiger charge is 2.12.